The maximum atomic E-state index is 13.6. The fraction of sp³-hybridized carbons (Fsp3) is 0.269. The lowest BCUT2D eigenvalue weighted by Crippen LogP contribution is -2.26. The smallest absolute Gasteiger partial charge is 0.264 e. The van der Waals surface area contributed by atoms with Crippen LogP contribution in [0.15, 0.2) is 65.6 Å². The van der Waals surface area contributed by atoms with Crippen molar-refractivity contribution in [2.75, 3.05) is 5.32 Å². The van der Waals surface area contributed by atoms with E-state index in [2.05, 4.69) is 10.3 Å². The summed E-state index contributed by atoms with van der Waals surface area (Å²) in [6.45, 7) is 4.05. The number of rotatable bonds is 6. The largest absolute Gasteiger partial charge is 0.362 e. The average molecular weight is 445 g/mol. The summed E-state index contributed by atoms with van der Waals surface area (Å²) < 4.78 is 1.74. The van der Waals surface area contributed by atoms with E-state index in [1.54, 1.807) is 10.6 Å². The lowest BCUT2D eigenvalue weighted by atomic mass is 10.1. The number of hydrogen-bond donors (Lipinski definition) is 1. The molecule has 2 heterocycles. The maximum absolute atomic E-state index is 13.6. The molecule has 0 unspecified atom stereocenters. The van der Waals surface area contributed by atoms with Gasteiger partial charge in [0.2, 0.25) is 0 Å². The number of benzene rings is 2. The minimum atomic E-state index is -0.173. The zero-order valence-electron chi connectivity index (χ0n) is 18.2. The van der Waals surface area contributed by atoms with E-state index < -0.39 is 0 Å². The predicted molar refractivity (Wildman–Crippen MR) is 130 cm³/mol. The van der Waals surface area contributed by atoms with Crippen LogP contribution in [0.2, 0.25) is 5.02 Å². The van der Waals surface area contributed by atoms with Crippen molar-refractivity contribution in [3.05, 3.63) is 93.3 Å². The molecule has 6 heteroatoms. The van der Waals surface area contributed by atoms with Crippen LogP contribution in [0.3, 0.4) is 0 Å². The summed E-state index contributed by atoms with van der Waals surface area (Å²) in [6.07, 6.45) is 5.33. The molecule has 4 aromatic rings. The summed E-state index contributed by atoms with van der Waals surface area (Å²) in [5, 5.41) is 5.35. The van der Waals surface area contributed by atoms with Crippen molar-refractivity contribution in [1.82, 2.24) is 14.5 Å². The Labute approximate surface area is 192 Å². The fourth-order valence-corrected chi connectivity index (χ4v) is 4.35. The van der Waals surface area contributed by atoms with Crippen LogP contribution in [0.1, 0.15) is 42.9 Å². The topological polar surface area (TPSA) is 59.8 Å². The summed E-state index contributed by atoms with van der Waals surface area (Å²) in [4.78, 5) is 22.9. The van der Waals surface area contributed by atoms with Crippen molar-refractivity contribution in [2.24, 2.45) is 5.92 Å². The van der Waals surface area contributed by atoms with Gasteiger partial charge in [-0.2, -0.15) is 0 Å². The molecule has 162 valence electrons. The maximum Gasteiger partial charge on any atom is 0.264 e. The molecule has 1 fully saturated rings. The molecule has 0 bridgehead atoms. The second kappa shape index (κ2) is 8.40. The van der Waals surface area contributed by atoms with Crippen LogP contribution < -0.4 is 10.9 Å². The van der Waals surface area contributed by atoms with Crippen LogP contribution in [0.4, 0.5) is 5.82 Å². The van der Waals surface area contributed by atoms with Crippen LogP contribution in [0.25, 0.3) is 16.5 Å². The van der Waals surface area contributed by atoms with Crippen LogP contribution >= 0.6 is 11.6 Å². The minimum absolute atomic E-state index is 0.128. The standard InChI is InChI=1S/C26H25ClN4O/c1-16-15-28-23(13-18-11-12-18)30-25(16)29-17(2)22-14-19-7-6-10-21(27)24(19)26(32)31(22)20-8-4-3-5-9-20/h3-10,14-15,17-18H,11-13H2,1-2H3,(H,28,29,30)/t17-/m1/s1. The molecule has 32 heavy (non-hydrogen) atoms. The Morgan fingerprint density at radius 3 is 2.69 bits per heavy atom. The van der Waals surface area contributed by atoms with E-state index in [9.17, 15) is 4.79 Å². The quantitative estimate of drug-likeness (QED) is 0.404. The van der Waals surface area contributed by atoms with Crippen molar-refractivity contribution in [1.29, 1.82) is 0 Å². The first kappa shape index (κ1) is 20.7. The third kappa shape index (κ3) is 4.00. The molecule has 1 aliphatic rings. The molecule has 1 N–H and O–H groups in total. The highest BCUT2D eigenvalue weighted by atomic mass is 35.5. The average Bonchev–Trinajstić information content (AvgIpc) is 3.60. The van der Waals surface area contributed by atoms with E-state index in [-0.39, 0.29) is 11.6 Å². The highest BCUT2D eigenvalue weighted by Gasteiger charge is 2.23. The van der Waals surface area contributed by atoms with Gasteiger partial charge in [-0.3, -0.25) is 9.36 Å². The Morgan fingerprint density at radius 1 is 1.16 bits per heavy atom. The van der Waals surface area contributed by atoms with Gasteiger partial charge in [-0.05, 0) is 62.3 Å². The Hall–Kier alpha value is -3.18. The van der Waals surface area contributed by atoms with Gasteiger partial charge in [-0.15, -0.1) is 0 Å². The lowest BCUT2D eigenvalue weighted by Gasteiger charge is -2.22. The van der Waals surface area contributed by atoms with E-state index in [0.717, 1.165) is 46.3 Å². The summed E-state index contributed by atoms with van der Waals surface area (Å²) in [5.74, 6) is 2.40. The molecule has 5 rings (SSSR count). The number of nitrogens with one attached hydrogen (secondary N) is 1. The second-order valence-corrected chi connectivity index (χ2v) is 8.99. The second-order valence-electron chi connectivity index (χ2n) is 8.58. The molecular weight excluding hydrogens is 420 g/mol. The molecule has 1 aliphatic carbocycles. The number of nitrogens with zero attached hydrogens (tertiary/aromatic N) is 3. The molecule has 1 atom stereocenters. The van der Waals surface area contributed by atoms with E-state index >= 15 is 0 Å². The highest BCUT2D eigenvalue weighted by molar-refractivity contribution is 6.35. The first-order chi connectivity index (χ1) is 15.5. The van der Waals surface area contributed by atoms with Crippen molar-refractivity contribution < 1.29 is 0 Å². The number of para-hydroxylation sites is 1. The third-order valence-corrected chi connectivity index (χ3v) is 6.34. The van der Waals surface area contributed by atoms with Gasteiger partial charge in [0.25, 0.3) is 5.56 Å². The van der Waals surface area contributed by atoms with Gasteiger partial charge in [-0.1, -0.05) is 41.9 Å². The Kier molecular flexibility index (Phi) is 5.43. The zero-order valence-corrected chi connectivity index (χ0v) is 18.9. The van der Waals surface area contributed by atoms with E-state index in [4.69, 9.17) is 16.6 Å². The SMILES string of the molecule is Cc1cnc(CC2CC2)nc1N[C@H](C)c1cc2cccc(Cl)c2c(=O)n1-c1ccccc1. The molecule has 5 nitrogen and oxygen atoms in total. The number of aryl methyl sites for hydroxylation is 1. The fourth-order valence-electron chi connectivity index (χ4n) is 4.08. The molecule has 0 aliphatic heterocycles. The molecule has 0 saturated heterocycles. The van der Waals surface area contributed by atoms with Crippen LogP contribution in [0, 0.1) is 12.8 Å². The molecule has 0 amide bonds. The van der Waals surface area contributed by atoms with Crippen molar-refractivity contribution in [2.45, 2.75) is 39.2 Å². The van der Waals surface area contributed by atoms with Crippen molar-refractivity contribution in [3.8, 4) is 5.69 Å². The first-order valence-electron chi connectivity index (χ1n) is 11.0. The van der Waals surface area contributed by atoms with Gasteiger partial charge in [0.05, 0.1) is 16.5 Å². The molecule has 1 saturated carbocycles. The van der Waals surface area contributed by atoms with Crippen LogP contribution in [-0.4, -0.2) is 14.5 Å². The van der Waals surface area contributed by atoms with Gasteiger partial charge in [0.15, 0.2) is 0 Å². The van der Waals surface area contributed by atoms with E-state index in [0.29, 0.717) is 10.4 Å². The summed E-state index contributed by atoms with van der Waals surface area (Å²) in [5.41, 5.74) is 2.50. The molecular formula is C26H25ClN4O. The monoisotopic (exact) mass is 444 g/mol. The molecule has 0 radical (unpaired) electrons. The number of aromatic nitrogens is 3. The lowest BCUT2D eigenvalue weighted by molar-refractivity contribution is 0.748. The highest BCUT2D eigenvalue weighted by Crippen LogP contribution is 2.32. The summed E-state index contributed by atoms with van der Waals surface area (Å²) in [6, 6.07) is 17.1. The van der Waals surface area contributed by atoms with Gasteiger partial charge < -0.3 is 5.32 Å². The Bertz CT molecular complexity index is 1350. The minimum Gasteiger partial charge on any atom is -0.362 e. The number of fused-ring (bicyclic) bond motifs is 1. The Morgan fingerprint density at radius 2 is 1.94 bits per heavy atom. The van der Waals surface area contributed by atoms with Gasteiger partial charge in [0.1, 0.15) is 11.6 Å². The number of hydrogen-bond acceptors (Lipinski definition) is 4. The third-order valence-electron chi connectivity index (χ3n) is 6.03. The van der Waals surface area contributed by atoms with Crippen molar-refractivity contribution in [3.63, 3.8) is 0 Å². The summed E-state index contributed by atoms with van der Waals surface area (Å²) >= 11 is 6.42. The number of pyridine rings is 1. The Balaban J connectivity index is 1.61. The first-order valence-corrected chi connectivity index (χ1v) is 11.4. The van der Waals surface area contributed by atoms with E-state index in [1.807, 2.05) is 68.6 Å². The number of halogens is 1. The normalized spacial score (nSPS) is 14.5. The predicted octanol–water partition coefficient (Wildman–Crippen LogP) is 5.87. The number of anilines is 1. The zero-order chi connectivity index (χ0) is 22.2. The van der Waals surface area contributed by atoms with Gasteiger partial charge in [-0.25, -0.2) is 9.97 Å². The molecule has 2 aromatic carbocycles. The van der Waals surface area contributed by atoms with Gasteiger partial charge in [0, 0.05) is 29.6 Å². The van der Waals surface area contributed by atoms with Crippen LogP contribution in [-0.2, 0) is 6.42 Å². The van der Waals surface area contributed by atoms with Gasteiger partial charge >= 0.3 is 0 Å². The van der Waals surface area contributed by atoms with Crippen molar-refractivity contribution >= 4 is 28.2 Å². The molecule has 2 aromatic heterocycles. The van der Waals surface area contributed by atoms with E-state index in [1.165, 1.54) is 12.8 Å². The van der Waals surface area contributed by atoms with Crippen LogP contribution in [0.5, 0.6) is 0 Å². The summed E-state index contributed by atoms with van der Waals surface area (Å²) in [7, 11) is 0. The molecule has 0 spiro atoms.